The molecule has 3 N–H and O–H groups in total. The summed E-state index contributed by atoms with van der Waals surface area (Å²) >= 11 is 0. The molecule has 8 heteroatoms. The van der Waals surface area contributed by atoms with Crippen LogP contribution < -0.4 is 10.6 Å². The maximum absolute atomic E-state index is 12.0. The minimum Gasteiger partial charge on any atom is -0.467 e. The van der Waals surface area contributed by atoms with Crippen molar-refractivity contribution in [3.05, 3.63) is 18.2 Å². The molecule has 20 heavy (non-hydrogen) atoms. The Labute approximate surface area is 115 Å². The van der Waals surface area contributed by atoms with Crippen LogP contribution in [0, 0.1) is 0 Å². The van der Waals surface area contributed by atoms with Crippen molar-refractivity contribution in [1.29, 1.82) is 0 Å². The SMILES string of the molecule is COC(=O)[C@@H](Cc1cnc[nH]1)NC(=O)[C@H]1CCC(=O)N1. The van der Waals surface area contributed by atoms with Crippen LogP contribution in [0.15, 0.2) is 12.5 Å². The molecule has 1 saturated heterocycles. The largest absolute Gasteiger partial charge is 0.467 e. The molecular formula is C12H16N4O4. The maximum atomic E-state index is 12.0. The second-order valence-electron chi connectivity index (χ2n) is 4.52. The van der Waals surface area contributed by atoms with Crippen molar-refractivity contribution in [3.8, 4) is 0 Å². The van der Waals surface area contributed by atoms with Gasteiger partial charge in [-0.05, 0) is 6.42 Å². The summed E-state index contributed by atoms with van der Waals surface area (Å²) in [5, 5.41) is 5.14. The Kier molecular flexibility index (Phi) is 4.34. The van der Waals surface area contributed by atoms with Crippen LogP contribution in [0.3, 0.4) is 0 Å². The molecule has 2 heterocycles. The molecule has 0 saturated carbocycles. The van der Waals surface area contributed by atoms with Gasteiger partial charge in [-0.2, -0.15) is 0 Å². The van der Waals surface area contributed by atoms with Gasteiger partial charge < -0.3 is 20.4 Å². The molecule has 1 aliphatic heterocycles. The molecule has 0 spiro atoms. The number of methoxy groups -OCH3 is 1. The number of aromatic amines is 1. The minimum absolute atomic E-state index is 0.159. The number of amides is 2. The lowest BCUT2D eigenvalue weighted by Crippen LogP contribution is -2.50. The van der Waals surface area contributed by atoms with E-state index in [0.717, 1.165) is 0 Å². The van der Waals surface area contributed by atoms with E-state index in [0.29, 0.717) is 18.5 Å². The molecule has 2 amide bonds. The number of nitrogens with zero attached hydrogens (tertiary/aromatic N) is 1. The Hall–Kier alpha value is -2.38. The average Bonchev–Trinajstić information content (AvgIpc) is 3.08. The number of carbonyl (C=O) groups excluding carboxylic acids is 3. The fraction of sp³-hybridized carbons (Fsp3) is 0.500. The smallest absolute Gasteiger partial charge is 0.328 e. The highest BCUT2D eigenvalue weighted by Gasteiger charge is 2.31. The van der Waals surface area contributed by atoms with E-state index in [4.69, 9.17) is 0 Å². The molecule has 8 nitrogen and oxygen atoms in total. The zero-order chi connectivity index (χ0) is 14.5. The first-order valence-electron chi connectivity index (χ1n) is 6.25. The van der Waals surface area contributed by atoms with E-state index in [1.807, 2.05) is 0 Å². The minimum atomic E-state index is -0.814. The van der Waals surface area contributed by atoms with Crippen LogP contribution in [0.2, 0.25) is 0 Å². The first kappa shape index (κ1) is 14.0. The highest BCUT2D eigenvalue weighted by atomic mass is 16.5. The normalized spacial score (nSPS) is 19.2. The summed E-state index contributed by atoms with van der Waals surface area (Å²) in [5.41, 5.74) is 0.705. The lowest BCUT2D eigenvalue weighted by molar-refractivity contribution is -0.145. The molecule has 0 bridgehead atoms. The van der Waals surface area contributed by atoms with Gasteiger partial charge in [0, 0.05) is 24.7 Å². The molecule has 1 aliphatic rings. The van der Waals surface area contributed by atoms with Crippen LogP contribution in [0.5, 0.6) is 0 Å². The van der Waals surface area contributed by atoms with Gasteiger partial charge in [0.2, 0.25) is 11.8 Å². The van der Waals surface area contributed by atoms with Crippen molar-refractivity contribution in [2.75, 3.05) is 7.11 Å². The molecule has 1 aromatic rings. The zero-order valence-corrected chi connectivity index (χ0v) is 11.0. The van der Waals surface area contributed by atoms with Gasteiger partial charge in [-0.1, -0.05) is 0 Å². The third-order valence-corrected chi connectivity index (χ3v) is 3.09. The van der Waals surface area contributed by atoms with Crippen molar-refractivity contribution in [2.24, 2.45) is 0 Å². The van der Waals surface area contributed by atoms with Crippen LogP contribution in [0.1, 0.15) is 18.5 Å². The van der Waals surface area contributed by atoms with Gasteiger partial charge >= 0.3 is 5.97 Å². The monoisotopic (exact) mass is 280 g/mol. The van der Waals surface area contributed by atoms with Crippen molar-refractivity contribution >= 4 is 17.8 Å². The number of hydrogen-bond acceptors (Lipinski definition) is 5. The van der Waals surface area contributed by atoms with Gasteiger partial charge in [0.15, 0.2) is 0 Å². The highest BCUT2D eigenvalue weighted by Crippen LogP contribution is 2.08. The highest BCUT2D eigenvalue weighted by molar-refractivity contribution is 5.93. The Morgan fingerprint density at radius 1 is 1.60 bits per heavy atom. The molecule has 2 rings (SSSR count). The first-order chi connectivity index (χ1) is 9.60. The van der Waals surface area contributed by atoms with Gasteiger partial charge in [-0.15, -0.1) is 0 Å². The summed E-state index contributed by atoms with van der Waals surface area (Å²) in [5.74, 6) is -1.09. The van der Waals surface area contributed by atoms with Crippen LogP contribution in [-0.4, -0.2) is 46.9 Å². The van der Waals surface area contributed by atoms with E-state index in [1.54, 1.807) is 6.20 Å². The van der Waals surface area contributed by atoms with E-state index < -0.39 is 18.1 Å². The predicted molar refractivity (Wildman–Crippen MR) is 67.4 cm³/mol. The molecule has 0 aromatic carbocycles. The molecule has 0 radical (unpaired) electrons. The fourth-order valence-corrected chi connectivity index (χ4v) is 2.03. The van der Waals surface area contributed by atoms with Gasteiger partial charge in [-0.3, -0.25) is 9.59 Å². The standard InChI is InChI=1S/C12H16N4O4/c1-20-12(19)9(4-7-5-13-6-14-7)16-11(18)8-2-3-10(17)15-8/h5-6,8-9H,2-4H2,1H3,(H,13,14)(H,15,17)(H,16,18)/t8-,9-/m1/s1. The summed E-state index contributed by atoms with van der Waals surface area (Å²) in [6.07, 6.45) is 4.06. The van der Waals surface area contributed by atoms with Gasteiger partial charge in [0.1, 0.15) is 12.1 Å². The van der Waals surface area contributed by atoms with Gasteiger partial charge in [-0.25, -0.2) is 9.78 Å². The Bertz CT molecular complexity index is 500. The predicted octanol–water partition coefficient (Wildman–Crippen LogP) is -1.11. The third kappa shape index (κ3) is 3.34. The van der Waals surface area contributed by atoms with E-state index in [-0.39, 0.29) is 18.2 Å². The number of imidazole rings is 1. The summed E-state index contributed by atoms with van der Waals surface area (Å²) < 4.78 is 4.67. The molecule has 2 atom stereocenters. The fourth-order valence-electron chi connectivity index (χ4n) is 2.03. The van der Waals surface area contributed by atoms with E-state index in [9.17, 15) is 14.4 Å². The summed E-state index contributed by atoms with van der Waals surface area (Å²) in [4.78, 5) is 41.5. The lowest BCUT2D eigenvalue weighted by Gasteiger charge is -2.18. The van der Waals surface area contributed by atoms with E-state index in [2.05, 4.69) is 25.3 Å². The second kappa shape index (κ2) is 6.18. The van der Waals surface area contributed by atoms with Gasteiger partial charge in [0.25, 0.3) is 0 Å². The molecule has 0 unspecified atom stereocenters. The topological polar surface area (TPSA) is 113 Å². The van der Waals surface area contributed by atoms with E-state index in [1.165, 1.54) is 13.4 Å². The van der Waals surface area contributed by atoms with Crippen molar-refractivity contribution in [3.63, 3.8) is 0 Å². The number of esters is 1. The quantitative estimate of drug-likeness (QED) is 0.592. The summed E-state index contributed by atoms with van der Waals surface area (Å²) in [6.45, 7) is 0. The number of nitrogens with one attached hydrogen (secondary N) is 3. The Morgan fingerprint density at radius 2 is 2.40 bits per heavy atom. The van der Waals surface area contributed by atoms with E-state index >= 15 is 0 Å². The Balaban J connectivity index is 1.98. The summed E-state index contributed by atoms with van der Waals surface area (Å²) in [6, 6.07) is -1.40. The molecule has 1 aromatic heterocycles. The Morgan fingerprint density at radius 3 is 2.95 bits per heavy atom. The number of H-pyrrole nitrogens is 1. The molecular weight excluding hydrogens is 264 g/mol. The van der Waals surface area contributed by atoms with Crippen molar-refractivity contribution in [2.45, 2.75) is 31.3 Å². The van der Waals surface area contributed by atoms with Crippen LogP contribution in [0.4, 0.5) is 0 Å². The zero-order valence-electron chi connectivity index (χ0n) is 11.0. The number of aromatic nitrogens is 2. The number of carbonyl (C=O) groups is 3. The maximum Gasteiger partial charge on any atom is 0.328 e. The number of rotatable bonds is 5. The third-order valence-electron chi connectivity index (χ3n) is 3.09. The van der Waals surface area contributed by atoms with Crippen LogP contribution in [-0.2, 0) is 25.5 Å². The average molecular weight is 280 g/mol. The molecule has 1 fully saturated rings. The first-order valence-corrected chi connectivity index (χ1v) is 6.25. The second-order valence-corrected chi connectivity index (χ2v) is 4.52. The van der Waals surface area contributed by atoms with Gasteiger partial charge in [0.05, 0.1) is 13.4 Å². The molecule has 0 aliphatic carbocycles. The van der Waals surface area contributed by atoms with Crippen LogP contribution >= 0.6 is 0 Å². The lowest BCUT2D eigenvalue weighted by atomic mass is 10.1. The van der Waals surface area contributed by atoms with Crippen molar-refractivity contribution < 1.29 is 19.1 Å². The number of ether oxygens (including phenoxy) is 1. The molecule has 108 valence electrons. The van der Waals surface area contributed by atoms with Crippen LogP contribution in [0.25, 0.3) is 0 Å². The van der Waals surface area contributed by atoms with Crippen molar-refractivity contribution in [1.82, 2.24) is 20.6 Å². The number of hydrogen-bond donors (Lipinski definition) is 3. The summed E-state index contributed by atoms with van der Waals surface area (Å²) in [7, 11) is 1.26.